The fourth-order valence-electron chi connectivity index (χ4n) is 3.85. The summed E-state index contributed by atoms with van der Waals surface area (Å²) in [4.78, 5) is 21.4. The summed E-state index contributed by atoms with van der Waals surface area (Å²) in [6, 6.07) is 12.2. The summed E-state index contributed by atoms with van der Waals surface area (Å²) in [6.45, 7) is 8.55. The zero-order valence-corrected chi connectivity index (χ0v) is 18.0. The number of piperazine rings is 1. The van der Waals surface area contributed by atoms with E-state index in [1.807, 2.05) is 12.1 Å². The van der Waals surface area contributed by atoms with Gasteiger partial charge in [-0.05, 0) is 54.8 Å². The summed E-state index contributed by atoms with van der Waals surface area (Å²) in [6.07, 6.45) is 0.488. The van der Waals surface area contributed by atoms with Crippen LogP contribution in [-0.4, -0.2) is 58.4 Å². The van der Waals surface area contributed by atoms with E-state index in [1.165, 1.54) is 23.3 Å². The minimum atomic E-state index is -0.294. The van der Waals surface area contributed by atoms with Crippen molar-refractivity contribution in [3.8, 4) is 11.4 Å². The predicted molar refractivity (Wildman–Crippen MR) is 116 cm³/mol. The fraction of sp³-hybridized carbons (Fsp3) is 0.375. The molecule has 0 atom stereocenters. The minimum absolute atomic E-state index is 0.253. The summed E-state index contributed by atoms with van der Waals surface area (Å²) >= 11 is 0. The molecule has 0 N–H and O–H groups in total. The molecule has 0 bridgehead atoms. The number of hydrogen-bond acceptors (Lipinski definition) is 6. The lowest BCUT2D eigenvalue weighted by Gasteiger charge is -2.33. The third kappa shape index (κ3) is 5.42. The number of aryl methyl sites for hydroxylation is 1. The molecule has 3 aromatic rings. The Balaban J connectivity index is 1.25. The summed E-state index contributed by atoms with van der Waals surface area (Å²) in [5.41, 5.74) is 4.28. The topological polar surface area (TPSA) is 62.5 Å². The van der Waals surface area contributed by atoms with E-state index in [4.69, 9.17) is 4.52 Å². The van der Waals surface area contributed by atoms with Crippen molar-refractivity contribution in [2.75, 3.05) is 32.7 Å². The number of carbonyl (C=O) groups is 1. The molecule has 0 aliphatic carbocycles. The van der Waals surface area contributed by atoms with Gasteiger partial charge in [-0.25, -0.2) is 4.39 Å². The van der Waals surface area contributed by atoms with E-state index in [2.05, 4.69) is 39.9 Å². The van der Waals surface area contributed by atoms with Crippen LogP contribution < -0.4 is 0 Å². The Kier molecular flexibility index (Phi) is 6.53. The number of rotatable bonds is 7. The van der Waals surface area contributed by atoms with Crippen LogP contribution in [0.2, 0.25) is 0 Å². The van der Waals surface area contributed by atoms with Crippen molar-refractivity contribution in [2.45, 2.75) is 26.8 Å². The highest BCUT2D eigenvalue weighted by Gasteiger charge is 2.21. The molecule has 1 aliphatic rings. The first-order valence-electron chi connectivity index (χ1n) is 10.6. The fourth-order valence-corrected chi connectivity index (χ4v) is 3.85. The maximum Gasteiger partial charge on any atom is 0.241 e. The number of Topliss-reactive ketones (excluding diaryl/α,β-unsaturated/α-hetero) is 1. The number of aromatic nitrogens is 2. The minimum Gasteiger partial charge on any atom is -0.338 e. The average Bonchev–Trinajstić information content (AvgIpc) is 3.22. The number of benzene rings is 2. The van der Waals surface area contributed by atoms with Gasteiger partial charge in [0.25, 0.3) is 0 Å². The zero-order valence-electron chi connectivity index (χ0n) is 18.0. The Morgan fingerprint density at radius 1 is 1.03 bits per heavy atom. The molecule has 2 heterocycles. The smallest absolute Gasteiger partial charge is 0.241 e. The second kappa shape index (κ2) is 9.49. The van der Waals surface area contributed by atoms with Gasteiger partial charge in [0.15, 0.2) is 5.78 Å². The SMILES string of the molecule is Cc1cccc(CC(=O)CN2CCN(Cc3nc(-c4ccc(F)cc4)no3)CC2)c1C. The Bertz CT molecular complexity index is 1040. The van der Waals surface area contributed by atoms with Gasteiger partial charge in [-0.15, -0.1) is 0 Å². The van der Waals surface area contributed by atoms with Gasteiger partial charge in [-0.3, -0.25) is 14.6 Å². The normalized spacial score (nSPS) is 15.3. The second-order valence-corrected chi connectivity index (χ2v) is 8.15. The van der Waals surface area contributed by atoms with Crippen LogP contribution in [0.15, 0.2) is 47.0 Å². The molecule has 1 fully saturated rings. The van der Waals surface area contributed by atoms with E-state index in [-0.39, 0.29) is 11.6 Å². The van der Waals surface area contributed by atoms with Crippen LogP contribution in [-0.2, 0) is 17.8 Å². The Labute approximate surface area is 181 Å². The largest absolute Gasteiger partial charge is 0.338 e. The van der Waals surface area contributed by atoms with Crippen LogP contribution in [0.4, 0.5) is 4.39 Å². The lowest BCUT2D eigenvalue weighted by Crippen LogP contribution is -2.47. The number of hydrogen-bond donors (Lipinski definition) is 0. The van der Waals surface area contributed by atoms with E-state index >= 15 is 0 Å². The van der Waals surface area contributed by atoms with Crippen molar-refractivity contribution in [1.29, 1.82) is 0 Å². The Hall–Kier alpha value is -2.90. The van der Waals surface area contributed by atoms with E-state index in [9.17, 15) is 9.18 Å². The second-order valence-electron chi connectivity index (χ2n) is 8.15. The molecule has 2 aromatic carbocycles. The van der Waals surface area contributed by atoms with Crippen molar-refractivity contribution in [2.24, 2.45) is 0 Å². The van der Waals surface area contributed by atoms with Crippen molar-refractivity contribution in [3.63, 3.8) is 0 Å². The van der Waals surface area contributed by atoms with Gasteiger partial charge in [-0.2, -0.15) is 4.98 Å². The molecule has 7 heteroatoms. The first-order chi connectivity index (χ1) is 15.0. The number of halogens is 1. The Morgan fingerprint density at radius 2 is 1.74 bits per heavy atom. The monoisotopic (exact) mass is 422 g/mol. The molecule has 0 unspecified atom stereocenters. The van der Waals surface area contributed by atoms with Gasteiger partial charge in [0.05, 0.1) is 13.1 Å². The first-order valence-corrected chi connectivity index (χ1v) is 10.6. The molecular weight excluding hydrogens is 395 g/mol. The lowest BCUT2D eigenvalue weighted by atomic mass is 9.99. The van der Waals surface area contributed by atoms with Crippen molar-refractivity contribution in [3.05, 3.63) is 70.9 Å². The van der Waals surface area contributed by atoms with E-state index in [0.717, 1.165) is 37.3 Å². The van der Waals surface area contributed by atoms with Crippen LogP contribution >= 0.6 is 0 Å². The van der Waals surface area contributed by atoms with Gasteiger partial charge in [0.1, 0.15) is 5.82 Å². The van der Waals surface area contributed by atoms with E-state index in [0.29, 0.717) is 31.2 Å². The molecular formula is C24H27FN4O2. The molecule has 0 saturated carbocycles. The van der Waals surface area contributed by atoms with E-state index < -0.39 is 0 Å². The van der Waals surface area contributed by atoms with Gasteiger partial charge in [-0.1, -0.05) is 23.4 Å². The molecule has 6 nitrogen and oxygen atoms in total. The quantitative estimate of drug-likeness (QED) is 0.581. The van der Waals surface area contributed by atoms with Crippen molar-refractivity contribution in [1.82, 2.24) is 19.9 Å². The van der Waals surface area contributed by atoms with Crippen molar-refractivity contribution < 1.29 is 13.7 Å². The molecule has 0 amide bonds. The molecule has 1 aliphatic heterocycles. The summed E-state index contributed by atoms with van der Waals surface area (Å²) in [7, 11) is 0. The molecule has 31 heavy (non-hydrogen) atoms. The van der Waals surface area contributed by atoms with Crippen LogP contribution in [0.5, 0.6) is 0 Å². The third-order valence-electron chi connectivity index (χ3n) is 5.90. The van der Waals surface area contributed by atoms with Gasteiger partial charge < -0.3 is 4.52 Å². The van der Waals surface area contributed by atoms with Crippen LogP contribution in [0.25, 0.3) is 11.4 Å². The van der Waals surface area contributed by atoms with Gasteiger partial charge in [0, 0.05) is 38.2 Å². The molecule has 162 valence electrons. The maximum atomic E-state index is 13.1. The first kappa shape index (κ1) is 21.3. The highest BCUT2D eigenvalue weighted by molar-refractivity contribution is 5.83. The molecule has 1 aromatic heterocycles. The number of ketones is 1. The zero-order chi connectivity index (χ0) is 21.8. The molecule has 0 spiro atoms. The highest BCUT2D eigenvalue weighted by Crippen LogP contribution is 2.18. The van der Waals surface area contributed by atoms with Gasteiger partial charge in [0.2, 0.25) is 11.7 Å². The van der Waals surface area contributed by atoms with Crippen LogP contribution in [0.1, 0.15) is 22.6 Å². The highest BCUT2D eigenvalue weighted by atomic mass is 19.1. The third-order valence-corrected chi connectivity index (χ3v) is 5.90. The standard InChI is InChI=1S/C24H27FN4O2/c1-17-4-3-5-20(18(17)2)14-22(30)15-28-10-12-29(13-11-28)16-23-26-24(27-31-23)19-6-8-21(25)9-7-19/h3-9H,10-16H2,1-2H3. The summed E-state index contributed by atoms with van der Waals surface area (Å²) in [5, 5.41) is 4.00. The van der Waals surface area contributed by atoms with Gasteiger partial charge >= 0.3 is 0 Å². The van der Waals surface area contributed by atoms with Crippen LogP contribution in [0.3, 0.4) is 0 Å². The number of carbonyl (C=O) groups excluding carboxylic acids is 1. The predicted octanol–water partition coefficient (Wildman–Crippen LogP) is 3.42. The number of nitrogens with zero attached hydrogens (tertiary/aromatic N) is 4. The van der Waals surface area contributed by atoms with Crippen molar-refractivity contribution >= 4 is 5.78 Å². The average molecular weight is 423 g/mol. The Morgan fingerprint density at radius 3 is 2.48 bits per heavy atom. The molecule has 0 radical (unpaired) electrons. The van der Waals surface area contributed by atoms with Crippen LogP contribution in [0, 0.1) is 19.7 Å². The summed E-state index contributed by atoms with van der Waals surface area (Å²) in [5.74, 6) is 0.963. The molecule has 4 rings (SSSR count). The molecule has 1 saturated heterocycles. The lowest BCUT2D eigenvalue weighted by molar-refractivity contribution is -0.120. The maximum absolute atomic E-state index is 13.1. The summed E-state index contributed by atoms with van der Waals surface area (Å²) < 4.78 is 18.4. The van der Waals surface area contributed by atoms with E-state index in [1.54, 1.807) is 12.1 Å².